The van der Waals surface area contributed by atoms with Crippen molar-refractivity contribution in [2.45, 2.75) is 37.8 Å². The van der Waals surface area contributed by atoms with Crippen molar-refractivity contribution in [2.24, 2.45) is 5.10 Å². The summed E-state index contributed by atoms with van der Waals surface area (Å²) in [7, 11) is 0. The second kappa shape index (κ2) is 10.6. The Morgan fingerprint density at radius 3 is 2.44 bits per heavy atom. The van der Waals surface area contributed by atoms with Crippen LogP contribution in [-0.4, -0.2) is 30.6 Å². The van der Waals surface area contributed by atoms with Crippen molar-refractivity contribution in [1.29, 1.82) is 0 Å². The van der Waals surface area contributed by atoms with Gasteiger partial charge in [0.05, 0.1) is 24.7 Å². The van der Waals surface area contributed by atoms with Gasteiger partial charge in [-0.1, -0.05) is 17.7 Å². The van der Waals surface area contributed by atoms with E-state index in [1.807, 2.05) is 70.2 Å². The summed E-state index contributed by atoms with van der Waals surface area (Å²) in [6, 6.07) is 13.7. The monoisotopic (exact) mass is 386 g/mol. The zero-order chi connectivity index (χ0) is 19.6. The van der Waals surface area contributed by atoms with E-state index in [9.17, 15) is 4.79 Å². The molecule has 1 atom stereocenters. The lowest BCUT2D eigenvalue weighted by atomic mass is 10.2. The number of thioether (sulfide) groups is 1. The van der Waals surface area contributed by atoms with Crippen molar-refractivity contribution in [1.82, 2.24) is 5.43 Å². The molecule has 0 aliphatic rings. The molecule has 1 N–H and O–H groups in total. The van der Waals surface area contributed by atoms with Crippen LogP contribution in [0.25, 0.3) is 0 Å². The summed E-state index contributed by atoms with van der Waals surface area (Å²) in [6.45, 7) is 8.86. The zero-order valence-electron chi connectivity index (χ0n) is 16.2. The van der Waals surface area contributed by atoms with E-state index < -0.39 is 0 Å². The quantitative estimate of drug-likeness (QED) is 0.394. The molecule has 0 spiro atoms. The largest absolute Gasteiger partial charge is 0.490 e. The van der Waals surface area contributed by atoms with Crippen LogP contribution < -0.4 is 14.9 Å². The van der Waals surface area contributed by atoms with Gasteiger partial charge in [0.15, 0.2) is 11.5 Å². The highest BCUT2D eigenvalue weighted by atomic mass is 32.2. The number of hydrogen-bond donors (Lipinski definition) is 1. The number of hydrogen-bond acceptors (Lipinski definition) is 5. The van der Waals surface area contributed by atoms with E-state index in [-0.39, 0.29) is 11.2 Å². The summed E-state index contributed by atoms with van der Waals surface area (Å²) in [6.07, 6.45) is 1.60. The summed E-state index contributed by atoms with van der Waals surface area (Å²) in [5.74, 6) is 1.22. The molecule has 5 nitrogen and oxygen atoms in total. The lowest BCUT2D eigenvalue weighted by Crippen LogP contribution is -2.26. The van der Waals surface area contributed by atoms with Crippen LogP contribution >= 0.6 is 11.8 Å². The van der Waals surface area contributed by atoms with Crippen molar-refractivity contribution in [2.75, 3.05) is 13.2 Å². The van der Waals surface area contributed by atoms with Crippen molar-refractivity contribution in [3.8, 4) is 11.5 Å². The predicted molar refractivity (Wildman–Crippen MR) is 111 cm³/mol. The van der Waals surface area contributed by atoms with Gasteiger partial charge in [-0.2, -0.15) is 5.10 Å². The molecule has 0 heterocycles. The van der Waals surface area contributed by atoms with Crippen LogP contribution in [-0.2, 0) is 4.79 Å². The first-order chi connectivity index (χ1) is 13.0. The highest BCUT2D eigenvalue weighted by Crippen LogP contribution is 2.28. The lowest BCUT2D eigenvalue weighted by molar-refractivity contribution is -0.120. The molecule has 27 heavy (non-hydrogen) atoms. The first-order valence-electron chi connectivity index (χ1n) is 8.99. The van der Waals surface area contributed by atoms with Crippen molar-refractivity contribution in [3.63, 3.8) is 0 Å². The average Bonchev–Trinajstić information content (AvgIpc) is 2.66. The van der Waals surface area contributed by atoms with Crippen molar-refractivity contribution in [3.05, 3.63) is 53.6 Å². The third-order valence-corrected chi connectivity index (χ3v) is 4.77. The van der Waals surface area contributed by atoms with Crippen molar-refractivity contribution >= 4 is 23.9 Å². The first kappa shape index (κ1) is 20.8. The van der Waals surface area contributed by atoms with Gasteiger partial charge >= 0.3 is 0 Å². The molecule has 0 unspecified atom stereocenters. The van der Waals surface area contributed by atoms with Gasteiger partial charge in [0.1, 0.15) is 0 Å². The van der Waals surface area contributed by atoms with E-state index in [1.54, 1.807) is 6.21 Å². The highest BCUT2D eigenvalue weighted by molar-refractivity contribution is 8.00. The maximum absolute atomic E-state index is 12.2. The zero-order valence-corrected chi connectivity index (χ0v) is 17.0. The molecule has 2 rings (SSSR count). The number of rotatable bonds is 9. The maximum Gasteiger partial charge on any atom is 0.253 e. The molecule has 0 aromatic heterocycles. The fraction of sp³-hybridized carbons (Fsp3) is 0.333. The molecular weight excluding hydrogens is 360 g/mol. The topological polar surface area (TPSA) is 59.9 Å². The third-order valence-electron chi connectivity index (χ3n) is 3.66. The Morgan fingerprint density at radius 1 is 1.11 bits per heavy atom. The van der Waals surface area contributed by atoms with E-state index in [4.69, 9.17) is 9.47 Å². The summed E-state index contributed by atoms with van der Waals surface area (Å²) in [5.41, 5.74) is 4.61. The highest BCUT2D eigenvalue weighted by Gasteiger charge is 2.13. The molecule has 0 saturated heterocycles. The van der Waals surface area contributed by atoms with Crippen LogP contribution in [0.4, 0.5) is 0 Å². The number of ether oxygens (including phenoxy) is 2. The molecule has 0 radical (unpaired) electrons. The Kier molecular flexibility index (Phi) is 8.20. The fourth-order valence-electron chi connectivity index (χ4n) is 2.28. The lowest BCUT2D eigenvalue weighted by Gasteiger charge is -2.11. The van der Waals surface area contributed by atoms with E-state index in [1.165, 1.54) is 17.3 Å². The maximum atomic E-state index is 12.2. The Hall–Kier alpha value is -2.47. The first-order valence-corrected chi connectivity index (χ1v) is 9.87. The number of aryl methyl sites for hydroxylation is 1. The summed E-state index contributed by atoms with van der Waals surface area (Å²) in [4.78, 5) is 13.3. The van der Waals surface area contributed by atoms with Crippen LogP contribution in [0.1, 0.15) is 31.9 Å². The van der Waals surface area contributed by atoms with Gasteiger partial charge in [0, 0.05) is 4.90 Å². The van der Waals surface area contributed by atoms with Crippen LogP contribution in [0.2, 0.25) is 0 Å². The molecular formula is C21H26N2O3S. The SMILES string of the molecule is CCOc1ccc(/C=N\NC(=O)[C@H](C)Sc2ccc(C)cc2)cc1OCC. The van der Waals surface area contributed by atoms with Gasteiger partial charge in [-0.25, -0.2) is 5.43 Å². The van der Waals surface area contributed by atoms with E-state index >= 15 is 0 Å². The minimum Gasteiger partial charge on any atom is -0.490 e. The van der Waals surface area contributed by atoms with Gasteiger partial charge in [0.25, 0.3) is 5.91 Å². The molecule has 6 heteroatoms. The Morgan fingerprint density at radius 2 is 1.78 bits per heavy atom. The van der Waals surface area contributed by atoms with Gasteiger partial charge in [-0.3, -0.25) is 4.79 Å². The minimum atomic E-state index is -0.246. The summed E-state index contributed by atoms with van der Waals surface area (Å²) < 4.78 is 11.1. The summed E-state index contributed by atoms with van der Waals surface area (Å²) in [5, 5.41) is 3.81. The fourth-order valence-corrected chi connectivity index (χ4v) is 3.15. The van der Waals surface area contributed by atoms with Crippen LogP contribution in [0.5, 0.6) is 11.5 Å². The number of carbonyl (C=O) groups is 1. The number of nitrogens with zero attached hydrogens (tertiary/aromatic N) is 1. The van der Waals surface area contributed by atoms with Crippen molar-refractivity contribution < 1.29 is 14.3 Å². The molecule has 1 amide bonds. The van der Waals surface area contributed by atoms with E-state index in [0.717, 1.165) is 10.5 Å². The number of benzene rings is 2. The second-order valence-electron chi connectivity index (χ2n) is 5.88. The molecule has 0 saturated carbocycles. The number of nitrogens with one attached hydrogen (secondary N) is 1. The Bertz CT molecular complexity index is 775. The van der Waals surface area contributed by atoms with Gasteiger partial charge in [0.2, 0.25) is 0 Å². The average molecular weight is 387 g/mol. The second-order valence-corrected chi connectivity index (χ2v) is 7.29. The third kappa shape index (κ3) is 6.64. The van der Waals surface area contributed by atoms with Crippen LogP contribution in [0.3, 0.4) is 0 Å². The number of hydrazone groups is 1. The summed E-state index contributed by atoms with van der Waals surface area (Å²) >= 11 is 1.50. The van der Waals surface area contributed by atoms with Crippen LogP contribution in [0, 0.1) is 6.92 Å². The minimum absolute atomic E-state index is 0.146. The normalized spacial score (nSPS) is 12.0. The molecule has 0 fully saturated rings. The standard InChI is InChI=1S/C21H26N2O3S/c1-5-25-19-12-9-17(13-20(19)26-6-2)14-22-23-21(24)16(4)27-18-10-7-15(3)8-11-18/h7-14,16H,5-6H2,1-4H3,(H,23,24)/b22-14-/t16-/m0/s1. The number of amides is 1. The Balaban J connectivity index is 1.94. The molecule has 0 aliphatic carbocycles. The molecule has 0 aliphatic heterocycles. The molecule has 144 valence electrons. The van der Waals surface area contributed by atoms with Crippen LogP contribution in [0.15, 0.2) is 52.5 Å². The van der Waals surface area contributed by atoms with E-state index in [0.29, 0.717) is 24.7 Å². The number of carbonyl (C=O) groups excluding carboxylic acids is 1. The van der Waals surface area contributed by atoms with Gasteiger partial charge in [-0.15, -0.1) is 11.8 Å². The molecule has 2 aromatic carbocycles. The van der Waals surface area contributed by atoms with Gasteiger partial charge in [-0.05, 0) is 63.6 Å². The molecule has 2 aromatic rings. The van der Waals surface area contributed by atoms with E-state index in [2.05, 4.69) is 10.5 Å². The molecule has 0 bridgehead atoms. The Labute approximate surface area is 165 Å². The smallest absolute Gasteiger partial charge is 0.253 e. The van der Waals surface area contributed by atoms with Gasteiger partial charge < -0.3 is 9.47 Å². The predicted octanol–water partition coefficient (Wildman–Crippen LogP) is 4.42.